The first-order valence-electron chi connectivity index (χ1n) is 7.39. The van der Waals surface area contributed by atoms with Crippen LogP contribution in [0.4, 0.5) is 0 Å². The predicted octanol–water partition coefficient (Wildman–Crippen LogP) is 0.579. The largest absolute Gasteiger partial charge is 0.396 e. The maximum Gasteiger partial charge on any atom is 0.160 e. The molecule has 1 aromatic heterocycles. The number of rotatable bonds is 6. The van der Waals surface area contributed by atoms with Crippen LogP contribution in [0, 0.1) is 11.8 Å². The Bertz CT molecular complexity index is 438. The summed E-state index contributed by atoms with van der Waals surface area (Å²) in [5, 5.41) is 20.3. The van der Waals surface area contributed by atoms with E-state index in [2.05, 4.69) is 15.6 Å². The summed E-state index contributed by atoms with van der Waals surface area (Å²) in [5.41, 5.74) is 0.733. The van der Waals surface area contributed by atoms with Gasteiger partial charge in [0.1, 0.15) is 6.04 Å². The molecule has 1 atom stereocenters. The number of hydrogen-bond donors (Lipinski definition) is 2. The number of nitrogens with one attached hydrogen (secondary N) is 1. The first-order valence-corrected chi connectivity index (χ1v) is 7.39. The molecule has 2 N–H and O–H groups in total. The van der Waals surface area contributed by atoms with Gasteiger partial charge in [-0.3, -0.25) is 4.79 Å². The van der Waals surface area contributed by atoms with Gasteiger partial charge in [0, 0.05) is 25.1 Å². The maximum absolute atomic E-state index is 12.7. The molecule has 1 saturated heterocycles. The van der Waals surface area contributed by atoms with Crippen LogP contribution in [-0.2, 0) is 11.2 Å². The van der Waals surface area contributed by atoms with Crippen molar-refractivity contribution >= 4 is 5.78 Å². The Hall–Kier alpha value is -1.27. The molecule has 0 bridgehead atoms. The lowest BCUT2D eigenvalue weighted by Crippen LogP contribution is -2.37. The lowest BCUT2D eigenvalue weighted by atomic mass is 9.85. The second-order valence-corrected chi connectivity index (χ2v) is 5.78. The van der Waals surface area contributed by atoms with E-state index < -0.39 is 0 Å². The minimum absolute atomic E-state index is 0.0489. The Kier molecular flexibility index (Phi) is 5.25. The van der Waals surface area contributed by atoms with Crippen LogP contribution < -0.4 is 5.32 Å². The number of ketones is 1. The molecule has 0 saturated carbocycles. The summed E-state index contributed by atoms with van der Waals surface area (Å²) in [7, 11) is 0. The number of aliphatic hydroxyl groups excluding tert-OH is 1. The molecule has 1 fully saturated rings. The fourth-order valence-electron chi connectivity index (χ4n) is 2.79. The third-order valence-electron chi connectivity index (χ3n) is 3.88. The summed E-state index contributed by atoms with van der Waals surface area (Å²) in [6.45, 7) is 5.95. The van der Waals surface area contributed by atoms with Crippen LogP contribution in [0.2, 0.25) is 0 Å². The van der Waals surface area contributed by atoms with E-state index in [-0.39, 0.29) is 30.3 Å². The van der Waals surface area contributed by atoms with E-state index in [9.17, 15) is 4.79 Å². The summed E-state index contributed by atoms with van der Waals surface area (Å²) in [5.74, 6) is 0.567. The monoisotopic (exact) mass is 280 g/mol. The molecule has 1 aliphatic heterocycles. The van der Waals surface area contributed by atoms with Gasteiger partial charge in [0.2, 0.25) is 0 Å². The second kappa shape index (κ2) is 6.95. The number of carbonyl (C=O) groups is 1. The molecule has 112 valence electrons. The molecule has 0 aliphatic carbocycles. The standard InChI is InChI=1S/C14H24N4O2/c1-10(2)13(14(20)11-3-6-15-7-4-11)18-9-12(5-8-19)16-17-18/h9-11,13,15,19H,3-8H2,1-2H3/t13-/m0/s1. The molecule has 2 heterocycles. The molecule has 20 heavy (non-hydrogen) atoms. The number of hydrogen-bond acceptors (Lipinski definition) is 5. The van der Waals surface area contributed by atoms with Crippen molar-refractivity contribution in [3.8, 4) is 0 Å². The van der Waals surface area contributed by atoms with E-state index in [0.717, 1.165) is 31.6 Å². The molecule has 2 rings (SSSR count). The molecule has 0 aromatic carbocycles. The van der Waals surface area contributed by atoms with E-state index in [1.165, 1.54) is 0 Å². The topological polar surface area (TPSA) is 80.0 Å². The van der Waals surface area contributed by atoms with Gasteiger partial charge in [-0.25, -0.2) is 4.68 Å². The molecular formula is C14H24N4O2. The van der Waals surface area contributed by atoms with Gasteiger partial charge in [-0.1, -0.05) is 19.1 Å². The molecule has 0 amide bonds. The van der Waals surface area contributed by atoms with Gasteiger partial charge < -0.3 is 10.4 Å². The molecule has 6 heteroatoms. The average Bonchev–Trinajstić information content (AvgIpc) is 2.88. The van der Waals surface area contributed by atoms with Gasteiger partial charge in [-0.15, -0.1) is 5.10 Å². The molecule has 6 nitrogen and oxygen atoms in total. The van der Waals surface area contributed by atoms with Crippen LogP contribution in [-0.4, -0.2) is 45.6 Å². The minimum Gasteiger partial charge on any atom is -0.396 e. The molecule has 0 radical (unpaired) electrons. The molecule has 1 aromatic rings. The molecule has 0 unspecified atom stereocenters. The van der Waals surface area contributed by atoms with Gasteiger partial charge in [0.15, 0.2) is 5.78 Å². The average molecular weight is 280 g/mol. The molecule has 0 spiro atoms. The molecular weight excluding hydrogens is 256 g/mol. The highest BCUT2D eigenvalue weighted by Crippen LogP contribution is 2.26. The lowest BCUT2D eigenvalue weighted by molar-refractivity contribution is -0.128. The number of piperidine rings is 1. The van der Waals surface area contributed by atoms with Crippen molar-refractivity contribution in [2.75, 3.05) is 19.7 Å². The third kappa shape index (κ3) is 3.43. The zero-order chi connectivity index (χ0) is 14.5. The predicted molar refractivity (Wildman–Crippen MR) is 75.3 cm³/mol. The van der Waals surface area contributed by atoms with Crippen LogP contribution in [0.3, 0.4) is 0 Å². The second-order valence-electron chi connectivity index (χ2n) is 5.78. The highest BCUT2D eigenvalue weighted by Gasteiger charge is 2.32. The van der Waals surface area contributed by atoms with Gasteiger partial charge in [-0.2, -0.15) is 0 Å². The van der Waals surface area contributed by atoms with Gasteiger partial charge in [-0.05, 0) is 31.8 Å². The van der Waals surface area contributed by atoms with Crippen molar-refractivity contribution in [2.24, 2.45) is 11.8 Å². The number of Topliss-reactive ketones (excluding diaryl/α,β-unsaturated/α-hetero) is 1. The fraction of sp³-hybridized carbons (Fsp3) is 0.786. The van der Waals surface area contributed by atoms with Crippen LogP contribution in [0.5, 0.6) is 0 Å². The number of nitrogens with zero attached hydrogens (tertiary/aromatic N) is 3. The fourth-order valence-corrected chi connectivity index (χ4v) is 2.79. The third-order valence-corrected chi connectivity index (χ3v) is 3.88. The van der Waals surface area contributed by atoms with Crippen molar-refractivity contribution in [1.82, 2.24) is 20.3 Å². The van der Waals surface area contributed by atoms with E-state index in [4.69, 9.17) is 5.11 Å². The normalized spacial score (nSPS) is 18.4. The van der Waals surface area contributed by atoms with Gasteiger partial charge in [0.05, 0.1) is 5.69 Å². The van der Waals surface area contributed by atoms with Gasteiger partial charge in [0.25, 0.3) is 0 Å². The van der Waals surface area contributed by atoms with Crippen molar-refractivity contribution in [3.05, 3.63) is 11.9 Å². The van der Waals surface area contributed by atoms with Crippen molar-refractivity contribution in [1.29, 1.82) is 0 Å². The highest BCUT2D eigenvalue weighted by molar-refractivity contribution is 5.85. The number of aromatic nitrogens is 3. The smallest absolute Gasteiger partial charge is 0.160 e. The van der Waals surface area contributed by atoms with Crippen LogP contribution >= 0.6 is 0 Å². The molecule has 1 aliphatic rings. The van der Waals surface area contributed by atoms with E-state index in [1.807, 2.05) is 13.8 Å². The Morgan fingerprint density at radius 3 is 2.80 bits per heavy atom. The Morgan fingerprint density at radius 2 is 2.20 bits per heavy atom. The van der Waals surface area contributed by atoms with Crippen LogP contribution in [0.1, 0.15) is 38.4 Å². The first-order chi connectivity index (χ1) is 9.63. The van der Waals surface area contributed by atoms with E-state index >= 15 is 0 Å². The minimum atomic E-state index is -0.252. The van der Waals surface area contributed by atoms with Crippen LogP contribution in [0.25, 0.3) is 0 Å². The van der Waals surface area contributed by atoms with Gasteiger partial charge >= 0.3 is 0 Å². The Morgan fingerprint density at radius 1 is 1.50 bits per heavy atom. The zero-order valence-electron chi connectivity index (χ0n) is 12.2. The summed E-state index contributed by atoms with van der Waals surface area (Å²) in [4.78, 5) is 12.7. The van der Waals surface area contributed by atoms with E-state index in [1.54, 1.807) is 10.9 Å². The van der Waals surface area contributed by atoms with Crippen LogP contribution in [0.15, 0.2) is 6.20 Å². The summed E-state index contributed by atoms with van der Waals surface area (Å²) >= 11 is 0. The zero-order valence-corrected chi connectivity index (χ0v) is 12.2. The van der Waals surface area contributed by atoms with Crippen molar-refractivity contribution < 1.29 is 9.90 Å². The summed E-state index contributed by atoms with van der Waals surface area (Å²) < 4.78 is 1.68. The quantitative estimate of drug-likeness (QED) is 0.796. The van der Waals surface area contributed by atoms with Crippen molar-refractivity contribution in [2.45, 2.75) is 39.2 Å². The number of aliphatic hydroxyl groups is 1. The highest BCUT2D eigenvalue weighted by atomic mass is 16.3. The van der Waals surface area contributed by atoms with E-state index in [0.29, 0.717) is 6.42 Å². The lowest BCUT2D eigenvalue weighted by Gasteiger charge is -2.27. The Balaban J connectivity index is 2.14. The summed E-state index contributed by atoms with van der Waals surface area (Å²) in [6, 6.07) is -0.252. The maximum atomic E-state index is 12.7. The number of carbonyl (C=O) groups excluding carboxylic acids is 1. The SMILES string of the molecule is CC(C)[C@@H](C(=O)C1CCNCC1)n1cc(CCO)nn1. The van der Waals surface area contributed by atoms with Crippen molar-refractivity contribution in [3.63, 3.8) is 0 Å². The summed E-state index contributed by atoms with van der Waals surface area (Å²) in [6.07, 6.45) is 4.08. The first kappa shape index (κ1) is 15.1. The Labute approximate surface area is 119 Å².